The van der Waals surface area contributed by atoms with Crippen molar-refractivity contribution in [2.75, 3.05) is 38.2 Å². The molecule has 0 saturated carbocycles. The third kappa shape index (κ3) is 3.70. The van der Waals surface area contributed by atoms with Crippen molar-refractivity contribution >= 4 is 11.7 Å². The lowest BCUT2D eigenvalue weighted by Gasteiger charge is -2.30. The minimum atomic E-state index is -0.274. The molecule has 2 rings (SSSR count). The number of nitrogens with zero attached hydrogens (tertiary/aromatic N) is 1. The molecule has 0 aromatic heterocycles. The number of methoxy groups -OCH3 is 1. The van der Waals surface area contributed by atoms with Gasteiger partial charge in [-0.15, -0.1) is 0 Å². The van der Waals surface area contributed by atoms with E-state index in [9.17, 15) is 4.79 Å². The summed E-state index contributed by atoms with van der Waals surface area (Å²) in [5.74, 6) is 0.325. The number of ether oxygens (including phenoxy) is 1. The minimum absolute atomic E-state index is 0.274. The van der Waals surface area contributed by atoms with Crippen LogP contribution in [0.5, 0.6) is 0 Å². The minimum Gasteiger partial charge on any atom is -0.465 e. The normalized spacial score (nSPS) is 20.5. The van der Waals surface area contributed by atoms with E-state index in [0.717, 1.165) is 38.3 Å². The second kappa shape index (κ2) is 6.57. The van der Waals surface area contributed by atoms with Gasteiger partial charge in [-0.3, -0.25) is 0 Å². The Labute approximate surface area is 114 Å². The Morgan fingerprint density at radius 3 is 3.11 bits per heavy atom. The van der Waals surface area contributed by atoms with Crippen LogP contribution in [-0.4, -0.2) is 39.3 Å². The molecule has 104 valence electrons. The first kappa shape index (κ1) is 13.9. The fourth-order valence-corrected chi connectivity index (χ4v) is 2.46. The van der Waals surface area contributed by atoms with E-state index in [1.807, 2.05) is 12.1 Å². The number of hydrogen-bond donors (Lipinski definition) is 1. The summed E-state index contributed by atoms with van der Waals surface area (Å²) in [6.07, 6.45) is 1.12. The van der Waals surface area contributed by atoms with Crippen molar-refractivity contribution in [1.82, 2.24) is 5.32 Å². The van der Waals surface area contributed by atoms with Gasteiger partial charge in [0.2, 0.25) is 0 Å². The van der Waals surface area contributed by atoms with Crippen molar-refractivity contribution in [2.24, 2.45) is 5.92 Å². The number of benzene rings is 1. The molecule has 1 aromatic carbocycles. The number of rotatable bonds is 2. The van der Waals surface area contributed by atoms with Crippen molar-refractivity contribution in [3.63, 3.8) is 0 Å². The lowest BCUT2D eigenvalue weighted by Crippen LogP contribution is -2.38. The van der Waals surface area contributed by atoms with Gasteiger partial charge < -0.3 is 15.0 Å². The van der Waals surface area contributed by atoms with E-state index in [0.29, 0.717) is 11.5 Å². The van der Waals surface area contributed by atoms with Crippen LogP contribution in [0.1, 0.15) is 23.7 Å². The number of carbonyl (C=O) groups is 1. The third-order valence-corrected chi connectivity index (χ3v) is 3.44. The Morgan fingerprint density at radius 2 is 2.32 bits per heavy atom. The van der Waals surface area contributed by atoms with Gasteiger partial charge in [-0.05, 0) is 43.6 Å². The van der Waals surface area contributed by atoms with Gasteiger partial charge in [0, 0.05) is 18.8 Å². The number of hydrogen-bond acceptors (Lipinski definition) is 4. The summed E-state index contributed by atoms with van der Waals surface area (Å²) in [5.41, 5.74) is 1.73. The Balaban J connectivity index is 2.16. The maximum atomic E-state index is 11.6. The van der Waals surface area contributed by atoms with Crippen molar-refractivity contribution in [2.45, 2.75) is 13.3 Å². The van der Waals surface area contributed by atoms with Gasteiger partial charge in [-0.2, -0.15) is 0 Å². The smallest absolute Gasteiger partial charge is 0.337 e. The van der Waals surface area contributed by atoms with Crippen LogP contribution in [0.3, 0.4) is 0 Å². The molecule has 1 aliphatic heterocycles. The van der Waals surface area contributed by atoms with E-state index in [1.165, 1.54) is 7.11 Å². The van der Waals surface area contributed by atoms with Gasteiger partial charge in [-0.1, -0.05) is 13.0 Å². The zero-order valence-corrected chi connectivity index (χ0v) is 11.7. The summed E-state index contributed by atoms with van der Waals surface area (Å²) >= 11 is 0. The maximum absolute atomic E-state index is 11.6. The molecular formula is C15H22N2O2. The highest BCUT2D eigenvalue weighted by molar-refractivity contribution is 5.90. The highest BCUT2D eigenvalue weighted by atomic mass is 16.5. The Bertz CT molecular complexity index is 434. The average molecular weight is 262 g/mol. The van der Waals surface area contributed by atoms with Gasteiger partial charge in [0.05, 0.1) is 12.7 Å². The summed E-state index contributed by atoms with van der Waals surface area (Å²) < 4.78 is 4.78. The van der Waals surface area contributed by atoms with E-state index in [-0.39, 0.29) is 5.97 Å². The molecule has 0 spiro atoms. The molecule has 19 heavy (non-hydrogen) atoms. The van der Waals surface area contributed by atoms with Crippen LogP contribution in [0.2, 0.25) is 0 Å². The molecule has 4 nitrogen and oxygen atoms in total. The maximum Gasteiger partial charge on any atom is 0.337 e. The van der Waals surface area contributed by atoms with E-state index in [2.05, 4.69) is 23.2 Å². The molecule has 1 aliphatic rings. The lowest BCUT2D eigenvalue weighted by molar-refractivity contribution is 0.0601. The van der Waals surface area contributed by atoms with E-state index >= 15 is 0 Å². The molecule has 0 amide bonds. The van der Waals surface area contributed by atoms with Crippen LogP contribution in [0, 0.1) is 5.92 Å². The predicted molar refractivity (Wildman–Crippen MR) is 76.6 cm³/mol. The lowest BCUT2D eigenvalue weighted by atomic mass is 10.1. The first-order valence-corrected chi connectivity index (χ1v) is 6.84. The highest BCUT2D eigenvalue weighted by Gasteiger charge is 2.15. The fraction of sp³-hybridized carbons (Fsp3) is 0.533. The van der Waals surface area contributed by atoms with Crippen molar-refractivity contribution < 1.29 is 9.53 Å². The van der Waals surface area contributed by atoms with Gasteiger partial charge in [0.1, 0.15) is 0 Å². The van der Waals surface area contributed by atoms with Crippen LogP contribution >= 0.6 is 0 Å². The van der Waals surface area contributed by atoms with Crippen molar-refractivity contribution in [1.29, 1.82) is 0 Å². The van der Waals surface area contributed by atoms with E-state index in [1.54, 1.807) is 6.07 Å². The molecule has 1 atom stereocenters. The first-order valence-electron chi connectivity index (χ1n) is 6.84. The predicted octanol–water partition coefficient (Wildman–Crippen LogP) is 1.91. The number of esters is 1. The molecule has 4 heteroatoms. The molecule has 0 radical (unpaired) electrons. The van der Waals surface area contributed by atoms with Gasteiger partial charge in [-0.25, -0.2) is 4.79 Å². The second-order valence-corrected chi connectivity index (χ2v) is 5.15. The van der Waals surface area contributed by atoms with Crippen molar-refractivity contribution in [3.8, 4) is 0 Å². The Kier molecular flexibility index (Phi) is 4.80. The molecule has 0 bridgehead atoms. The van der Waals surface area contributed by atoms with Crippen LogP contribution < -0.4 is 10.2 Å². The van der Waals surface area contributed by atoms with E-state index in [4.69, 9.17) is 4.74 Å². The standard InChI is InChI=1S/C15H22N2O2/c1-12-10-16-7-4-8-17(11-12)14-6-3-5-13(9-14)15(18)19-2/h3,5-6,9,12,16H,4,7-8,10-11H2,1-2H3. The topological polar surface area (TPSA) is 41.6 Å². The summed E-state index contributed by atoms with van der Waals surface area (Å²) in [7, 11) is 1.42. The average Bonchev–Trinajstić information content (AvgIpc) is 2.42. The third-order valence-electron chi connectivity index (χ3n) is 3.44. The summed E-state index contributed by atoms with van der Waals surface area (Å²) in [5, 5.41) is 3.45. The highest BCUT2D eigenvalue weighted by Crippen LogP contribution is 2.19. The van der Waals surface area contributed by atoms with E-state index < -0.39 is 0 Å². The molecular weight excluding hydrogens is 240 g/mol. The summed E-state index contributed by atoms with van der Waals surface area (Å²) in [4.78, 5) is 13.9. The summed E-state index contributed by atoms with van der Waals surface area (Å²) in [6, 6.07) is 7.70. The zero-order chi connectivity index (χ0) is 13.7. The molecule has 1 heterocycles. The second-order valence-electron chi connectivity index (χ2n) is 5.15. The quantitative estimate of drug-likeness (QED) is 0.827. The van der Waals surface area contributed by atoms with Gasteiger partial charge in [0.15, 0.2) is 0 Å². The van der Waals surface area contributed by atoms with Crippen LogP contribution in [-0.2, 0) is 4.74 Å². The van der Waals surface area contributed by atoms with Crippen molar-refractivity contribution in [3.05, 3.63) is 29.8 Å². The van der Waals surface area contributed by atoms with Crippen LogP contribution in [0.4, 0.5) is 5.69 Å². The number of nitrogens with one attached hydrogen (secondary N) is 1. The largest absolute Gasteiger partial charge is 0.465 e. The molecule has 1 unspecified atom stereocenters. The molecule has 1 saturated heterocycles. The molecule has 1 aromatic rings. The molecule has 1 fully saturated rings. The Hall–Kier alpha value is -1.55. The molecule has 0 aliphatic carbocycles. The van der Waals surface area contributed by atoms with Crippen LogP contribution in [0.25, 0.3) is 0 Å². The first-order chi connectivity index (χ1) is 9.20. The number of anilines is 1. The van der Waals surface area contributed by atoms with Crippen LogP contribution in [0.15, 0.2) is 24.3 Å². The van der Waals surface area contributed by atoms with Gasteiger partial charge in [0.25, 0.3) is 0 Å². The zero-order valence-electron chi connectivity index (χ0n) is 11.7. The molecule has 1 N–H and O–H groups in total. The monoisotopic (exact) mass is 262 g/mol. The Morgan fingerprint density at radius 1 is 1.47 bits per heavy atom. The SMILES string of the molecule is COC(=O)c1cccc(N2CCCNCC(C)C2)c1. The summed E-state index contributed by atoms with van der Waals surface area (Å²) in [6.45, 7) is 6.37. The van der Waals surface area contributed by atoms with Gasteiger partial charge >= 0.3 is 5.97 Å². The fourth-order valence-electron chi connectivity index (χ4n) is 2.46. The number of carbonyl (C=O) groups excluding carboxylic acids is 1.